The van der Waals surface area contributed by atoms with Crippen molar-refractivity contribution in [3.63, 3.8) is 0 Å². The Labute approximate surface area is 153 Å². The molecule has 1 atom stereocenters. The summed E-state index contributed by atoms with van der Waals surface area (Å²) in [6.07, 6.45) is 2.05. The highest BCUT2D eigenvalue weighted by Gasteiger charge is 2.29. The van der Waals surface area contributed by atoms with Crippen LogP contribution in [0.2, 0.25) is 0 Å². The van der Waals surface area contributed by atoms with Gasteiger partial charge in [0.2, 0.25) is 5.91 Å². The molecule has 0 aliphatic carbocycles. The molecule has 3 amide bonds. The van der Waals surface area contributed by atoms with Crippen LogP contribution in [-0.2, 0) is 11.3 Å². The first kappa shape index (κ1) is 18.6. The van der Waals surface area contributed by atoms with Crippen LogP contribution < -0.4 is 5.32 Å². The Kier molecular flexibility index (Phi) is 6.08. The number of halogens is 1. The van der Waals surface area contributed by atoms with E-state index in [1.165, 1.54) is 6.07 Å². The number of hydrogen-bond donors (Lipinski definition) is 1. The van der Waals surface area contributed by atoms with Crippen LogP contribution in [0, 0.1) is 5.82 Å². The van der Waals surface area contributed by atoms with E-state index in [9.17, 15) is 14.0 Å². The monoisotopic (exact) mass is 362 g/mol. The number of urea groups is 1. The molecule has 2 aliphatic rings. The molecule has 1 aromatic carbocycles. The van der Waals surface area contributed by atoms with Crippen molar-refractivity contribution in [1.29, 1.82) is 0 Å². The van der Waals surface area contributed by atoms with Crippen LogP contribution >= 0.6 is 0 Å². The van der Waals surface area contributed by atoms with E-state index in [4.69, 9.17) is 0 Å². The predicted octanol–water partition coefficient (Wildman–Crippen LogP) is 1.66. The highest BCUT2D eigenvalue weighted by molar-refractivity contribution is 5.85. The summed E-state index contributed by atoms with van der Waals surface area (Å²) in [7, 11) is 0. The fourth-order valence-electron chi connectivity index (χ4n) is 3.61. The summed E-state index contributed by atoms with van der Waals surface area (Å²) in [5, 5.41) is 3.06. The Balaban J connectivity index is 1.51. The van der Waals surface area contributed by atoms with Gasteiger partial charge in [0.05, 0.1) is 0 Å². The van der Waals surface area contributed by atoms with Crippen molar-refractivity contribution in [3.8, 4) is 0 Å². The number of piperidine rings is 1. The van der Waals surface area contributed by atoms with Crippen LogP contribution in [0.15, 0.2) is 24.3 Å². The molecule has 0 unspecified atom stereocenters. The fraction of sp³-hybridized carbons (Fsp3) is 0.579. The van der Waals surface area contributed by atoms with E-state index in [-0.39, 0.29) is 36.9 Å². The number of nitrogens with zero attached hydrogens (tertiary/aromatic N) is 3. The van der Waals surface area contributed by atoms with Gasteiger partial charge in [-0.3, -0.25) is 4.79 Å². The maximum absolute atomic E-state index is 13.8. The lowest BCUT2D eigenvalue weighted by Gasteiger charge is -2.37. The molecule has 0 aromatic heterocycles. The average molecular weight is 362 g/mol. The third-order valence-corrected chi connectivity index (χ3v) is 5.21. The molecule has 2 fully saturated rings. The molecule has 0 bridgehead atoms. The van der Waals surface area contributed by atoms with Gasteiger partial charge < -0.3 is 20.0 Å². The molecule has 142 valence electrons. The minimum Gasteiger partial charge on any atom is -0.335 e. The van der Waals surface area contributed by atoms with Gasteiger partial charge in [-0.2, -0.15) is 0 Å². The van der Waals surface area contributed by atoms with Crippen LogP contribution in [0.1, 0.15) is 25.3 Å². The van der Waals surface area contributed by atoms with E-state index in [0.29, 0.717) is 18.7 Å². The minimum absolute atomic E-state index is 0.0461. The van der Waals surface area contributed by atoms with E-state index in [1.807, 2.05) is 0 Å². The maximum atomic E-state index is 13.8. The molecular weight excluding hydrogens is 335 g/mol. The minimum atomic E-state index is -0.307. The molecule has 0 spiro atoms. The second-order valence-electron chi connectivity index (χ2n) is 7.01. The van der Waals surface area contributed by atoms with E-state index in [2.05, 4.69) is 17.1 Å². The molecule has 0 saturated carbocycles. The smallest absolute Gasteiger partial charge is 0.318 e. The van der Waals surface area contributed by atoms with E-state index in [0.717, 1.165) is 32.5 Å². The summed E-state index contributed by atoms with van der Waals surface area (Å²) < 4.78 is 13.8. The Morgan fingerprint density at radius 2 is 2.08 bits per heavy atom. The summed E-state index contributed by atoms with van der Waals surface area (Å²) in [6.45, 7) is 6.23. The second kappa shape index (κ2) is 8.49. The molecule has 2 saturated heterocycles. The number of likely N-dealkylation sites (N-methyl/N-ethyl adjacent to an activating group) is 1. The first-order valence-electron chi connectivity index (χ1n) is 9.35. The summed E-state index contributed by atoms with van der Waals surface area (Å²) in [5.74, 6) is -0.452. The van der Waals surface area contributed by atoms with Crippen LogP contribution in [0.5, 0.6) is 0 Å². The van der Waals surface area contributed by atoms with Gasteiger partial charge in [0, 0.05) is 37.8 Å². The number of likely N-dealkylation sites (tertiary alicyclic amines) is 1. The lowest BCUT2D eigenvalue weighted by Crippen LogP contribution is -2.57. The zero-order valence-corrected chi connectivity index (χ0v) is 15.3. The zero-order valence-electron chi connectivity index (χ0n) is 15.3. The maximum Gasteiger partial charge on any atom is 0.318 e. The molecular formula is C19H27FN4O2. The van der Waals surface area contributed by atoms with Crippen LogP contribution in [-0.4, -0.2) is 71.9 Å². The highest BCUT2D eigenvalue weighted by Crippen LogP contribution is 2.14. The number of rotatable bonds is 4. The molecule has 0 radical (unpaired) electrons. The van der Waals surface area contributed by atoms with Gasteiger partial charge in [-0.1, -0.05) is 25.1 Å². The topological polar surface area (TPSA) is 55.9 Å². The van der Waals surface area contributed by atoms with Crippen molar-refractivity contribution in [2.24, 2.45) is 0 Å². The van der Waals surface area contributed by atoms with Crippen LogP contribution in [0.3, 0.4) is 0 Å². The molecule has 2 aliphatic heterocycles. The van der Waals surface area contributed by atoms with Crippen molar-refractivity contribution >= 4 is 11.9 Å². The third kappa shape index (κ3) is 4.52. The van der Waals surface area contributed by atoms with Crippen molar-refractivity contribution in [2.75, 3.05) is 39.3 Å². The van der Waals surface area contributed by atoms with Crippen molar-refractivity contribution in [1.82, 2.24) is 20.0 Å². The zero-order chi connectivity index (χ0) is 18.5. The van der Waals surface area contributed by atoms with Gasteiger partial charge in [-0.15, -0.1) is 0 Å². The normalized spacial score (nSPS) is 21.8. The number of hydrogen-bond acceptors (Lipinski definition) is 3. The number of amides is 3. The summed E-state index contributed by atoms with van der Waals surface area (Å²) in [5.41, 5.74) is 0.501. The SMILES string of the molecule is CCN1CCC[C@H](NC(=O)N2CCN(Cc3ccccc3F)C(=O)C2)C1. The lowest BCUT2D eigenvalue weighted by atomic mass is 10.1. The summed E-state index contributed by atoms with van der Waals surface area (Å²) in [6, 6.07) is 6.44. The third-order valence-electron chi connectivity index (χ3n) is 5.21. The summed E-state index contributed by atoms with van der Waals surface area (Å²) in [4.78, 5) is 30.4. The quantitative estimate of drug-likeness (QED) is 0.886. The van der Waals surface area contributed by atoms with Crippen LogP contribution in [0.25, 0.3) is 0 Å². The van der Waals surface area contributed by atoms with Crippen molar-refractivity contribution < 1.29 is 14.0 Å². The average Bonchev–Trinajstić information content (AvgIpc) is 2.65. The Hall–Kier alpha value is -2.15. The van der Waals surface area contributed by atoms with Crippen LogP contribution in [0.4, 0.5) is 9.18 Å². The predicted molar refractivity (Wildman–Crippen MR) is 97.1 cm³/mol. The van der Waals surface area contributed by atoms with Gasteiger partial charge in [-0.25, -0.2) is 9.18 Å². The first-order valence-corrected chi connectivity index (χ1v) is 9.35. The van der Waals surface area contributed by atoms with Gasteiger partial charge in [0.15, 0.2) is 0 Å². The Morgan fingerprint density at radius 1 is 1.27 bits per heavy atom. The number of nitrogens with one attached hydrogen (secondary N) is 1. The first-order chi connectivity index (χ1) is 12.6. The molecule has 1 aromatic rings. The number of carbonyl (C=O) groups is 2. The second-order valence-corrected chi connectivity index (χ2v) is 7.01. The van der Waals surface area contributed by atoms with Gasteiger partial charge in [0.1, 0.15) is 12.4 Å². The van der Waals surface area contributed by atoms with Gasteiger partial charge >= 0.3 is 6.03 Å². The van der Waals surface area contributed by atoms with Crippen molar-refractivity contribution in [3.05, 3.63) is 35.6 Å². The van der Waals surface area contributed by atoms with Gasteiger partial charge in [-0.05, 0) is 32.0 Å². The largest absolute Gasteiger partial charge is 0.335 e. The van der Waals surface area contributed by atoms with E-state index >= 15 is 0 Å². The Bertz CT molecular complexity index is 654. The molecule has 7 heteroatoms. The number of benzene rings is 1. The highest BCUT2D eigenvalue weighted by atomic mass is 19.1. The van der Waals surface area contributed by atoms with E-state index < -0.39 is 0 Å². The molecule has 6 nitrogen and oxygen atoms in total. The van der Waals surface area contributed by atoms with E-state index in [1.54, 1.807) is 28.0 Å². The molecule has 1 N–H and O–H groups in total. The molecule has 26 heavy (non-hydrogen) atoms. The molecule has 3 rings (SSSR count). The number of piperazine rings is 1. The van der Waals surface area contributed by atoms with Gasteiger partial charge in [0.25, 0.3) is 0 Å². The number of carbonyl (C=O) groups excluding carboxylic acids is 2. The standard InChI is InChI=1S/C19H27FN4O2/c1-2-22-9-5-7-16(13-22)21-19(26)24-11-10-23(18(25)14-24)12-15-6-3-4-8-17(15)20/h3-4,6,8,16H,2,5,7,9-14H2,1H3,(H,21,26)/t16-/m0/s1. The van der Waals surface area contributed by atoms with Crippen molar-refractivity contribution in [2.45, 2.75) is 32.4 Å². The lowest BCUT2D eigenvalue weighted by molar-refractivity contribution is -0.135. The molecule has 2 heterocycles. The fourth-order valence-corrected chi connectivity index (χ4v) is 3.61. The Morgan fingerprint density at radius 3 is 2.81 bits per heavy atom. The summed E-state index contributed by atoms with van der Waals surface area (Å²) >= 11 is 0.